The van der Waals surface area contributed by atoms with Crippen molar-refractivity contribution in [2.45, 2.75) is 26.2 Å². The van der Waals surface area contributed by atoms with Gasteiger partial charge in [-0.3, -0.25) is 4.79 Å². The number of amides is 1. The Morgan fingerprint density at radius 3 is 2.73 bits per heavy atom. The fourth-order valence-electron chi connectivity index (χ4n) is 1.86. The van der Waals surface area contributed by atoms with Gasteiger partial charge in [-0.25, -0.2) is 0 Å². The Bertz CT molecular complexity index is 191. The Hall–Kier alpha value is -0.0900. The molecule has 1 amide bonds. The quantitative estimate of drug-likeness (QED) is 0.612. The molecule has 1 saturated heterocycles. The zero-order valence-electron chi connectivity index (χ0n) is 9.47. The Labute approximate surface area is 101 Å². The van der Waals surface area contributed by atoms with Crippen molar-refractivity contribution in [3.63, 3.8) is 0 Å². The number of likely N-dealkylation sites (tertiary alicyclic amines) is 1. The molecule has 1 fully saturated rings. The van der Waals surface area contributed by atoms with E-state index in [2.05, 4.69) is 33.1 Å². The van der Waals surface area contributed by atoms with Gasteiger partial charge in [0.2, 0.25) is 5.91 Å². The highest BCUT2D eigenvalue weighted by molar-refractivity contribution is 9.09. The monoisotopic (exact) mass is 276 g/mol. The molecule has 1 aliphatic rings. The van der Waals surface area contributed by atoms with E-state index in [0.717, 1.165) is 25.4 Å². The Morgan fingerprint density at radius 1 is 1.47 bits per heavy atom. The maximum atomic E-state index is 10.9. The predicted molar refractivity (Wildman–Crippen MR) is 66.3 cm³/mol. The van der Waals surface area contributed by atoms with Gasteiger partial charge in [0, 0.05) is 6.54 Å². The van der Waals surface area contributed by atoms with E-state index in [-0.39, 0.29) is 5.91 Å². The molecule has 0 spiro atoms. The zero-order chi connectivity index (χ0) is 11.1. The summed E-state index contributed by atoms with van der Waals surface area (Å²) in [5.41, 5.74) is 0. The Balaban J connectivity index is 1.98. The normalized spacial score (nSPS) is 19.1. The van der Waals surface area contributed by atoms with Crippen molar-refractivity contribution in [1.29, 1.82) is 0 Å². The lowest BCUT2D eigenvalue weighted by Crippen LogP contribution is -2.35. The summed E-state index contributed by atoms with van der Waals surface area (Å²) in [5, 5.41) is 3.28. The summed E-state index contributed by atoms with van der Waals surface area (Å²) in [6.07, 6.45) is 3.72. The molecule has 0 aromatic heterocycles. The SMILES string of the molecule is CC1CCN(CCCNC(=O)CBr)CC1. The molecule has 1 N–H and O–H groups in total. The fourth-order valence-corrected chi connectivity index (χ4v) is 2.06. The van der Waals surface area contributed by atoms with Crippen molar-refractivity contribution >= 4 is 21.8 Å². The third-order valence-electron chi connectivity index (χ3n) is 2.97. The van der Waals surface area contributed by atoms with Crippen LogP contribution in [0.5, 0.6) is 0 Å². The Kier molecular flexibility index (Phi) is 6.25. The van der Waals surface area contributed by atoms with Crippen molar-refractivity contribution in [2.24, 2.45) is 5.92 Å². The smallest absolute Gasteiger partial charge is 0.230 e. The summed E-state index contributed by atoms with van der Waals surface area (Å²) in [4.78, 5) is 13.4. The van der Waals surface area contributed by atoms with Crippen LogP contribution in [-0.2, 0) is 4.79 Å². The molecule has 0 radical (unpaired) electrons. The molecule has 3 nitrogen and oxygen atoms in total. The minimum atomic E-state index is 0.0854. The number of nitrogens with one attached hydrogen (secondary N) is 1. The first-order valence-electron chi connectivity index (χ1n) is 5.77. The molecule has 1 aliphatic heterocycles. The van der Waals surface area contributed by atoms with Gasteiger partial charge in [0.05, 0.1) is 5.33 Å². The highest BCUT2D eigenvalue weighted by Crippen LogP contribution is 2.15. The molecule has 1 heterocycles. The fraction of sp³-hybridized carbons (Fsp3) is 0.909. The third kappa shape index (κ3) is 5.52. The minimum absolute atomic E-state index is 0.0854. The lowest BCUT2D eigenvalue weighted by Gasteiger charge is -2.30. The van der Waals surface area contributed by atoms with Gasteiger partial charge in [-0.2, -0.15) is 0 Å². The van der Waals surface area contributed by atoms with Crippen molar-refractivity contribution in [1.82, 2.24) is 10.2 Å². The summed E-state index contributed by atoms with van der Waals surface area (Å²) in [6.45, 7) is 6.71. The van der Waals surface area contributed by atoms with Crippen LogP contribution >= 0.6 is 15.9 Å². The molecule has 0 unspecified atom stereocenters. The van der Waals surface area contributed by atoms with Gasteiger partial charge in [-0.15, -0.1) is 0 Å². The number of hydrogen-bond donors (Lipinski definition) is 1. The molecule has 88 valence electrons. The first-order chi connectivity index (χ1) is 7.22. The van der Waals surface area contributed by atoms with Crippen molar-refractivity contribution in [3.05, 3.63) is 0 Å². The number of carbonyl (C=O) groups is 1. The second kappa shape index (κ2) is 7.23. The van der Waals surface area contributed by atoms with E-state index in [1.165, 1.54) is 25.9 Å². The van der Waals surface area contributed by atoms with Crippen LogP contribution in [0, 0.1) is 5.92 Å². The molecule has 0 aromatic carbocycles. The molecule has 15 heavy (non-hydrogen) atoms. The van der Waals surface area contributed by atoms with E-state index in [1.807, 2.05) is 0 Å². The summed E-state index contributed by atoms with van der Waals surface area (Å²) >= 11 is 3.13. The predicted octanol–water partition coefficient (Wildman–Crippen LogP) is 1.62. The largest absolute Gasteiger partial charge is 0.355 e. The molecule has 1 rings (SSSR count). The van der Waals surface area contributed by atoms with Gasteiger partial charge in [0.15, 0.2) is 0 Å². The van der Waals surface area contributed by atoms with Crippen molar-refractivity contribution in [3.8, 4) is 0 Å². The molecule has 0 aromatic rings. The van der Waals surface area contributed by atoms with Crippen LogP contribution < -0.4 is 5.32 Å². The van der Waals surface area contributed by atoms with Gasteiger partial charge < -0.3 is 10.2 Å². The van der Waals surface area contributed by atoms with Gasteiger partial charge in [-0.1, -0.05) is 22.9 Å². The van der Waals surface area contributed by atoms with E-state index in [9.17, 15) is 4.79 Å². The molecule has 0 aliphatic carbocycles. The van der Waals surface area contributed by atoms with Gasteiger partial charge in [0.25, 0.3) is 0 Å². The number of rotatable bonds is 5. The average molecular weight is 277 g/mol. The minimum Gasteiger partial charge on any atom is -0.355 e. The second-order valence-electron chi connectivity index (χ2n) is 4.36. The zero-order valence-corrected chi connectivity index (χ0v) is 11.1. The lowest BCUT2D eigenvalue weighted by molar-refractivity contribution is -0.118. The van der Waals surface area contributed by atoms with Crippen LogP contribution in [0.3, 0.4) is 0 Å². The Morgan fingerprint density at radius 2 is 2.13 bits per heavy atom. The maximum Gasteiger partial charge on any atom is 0.230 e. The molecular formula is C11H21BrN2O. The van der Waals surface area contributed by atoms with Crippen LogP contribution in [0.25, 0.3) is 0 Å². The number of hydrogen-bond acceptors (Lipinski definition) is 2. The molecule has 0 bridgehead atoms. The molecule has 4 heteroatoms. The average Bonchev–Trinajstić information content (AvgIpc) is 2.26. The summed E-state index contributed by atoms with van der Waals surface area (Å²) < 4.78 is 0. The maximum absolute atomic E-state index is 10.9. The third-order valence-corrected chi connectivity index (χ3v) is 3.48. The van der Waals surface area contributed by atoms with E-state index in [1.54, 1.807) is 0 Å². The number of alkyl halides is 1. The van der Waals surface area contributed by atoms with E-state index in [0.29, 0.717) is 5.33 Å². The second-order valence-corrected chi connectivity index (χ2v) is 4.92. The molecule has 0 saturated carbocycles. The topological polar surface area (TPSA) is 32.3 Å². The highest BCUT2D eigenvalue weighted by atomic mass is 79.9. The van der Waals surface area contributed by atoms with Crippen LogP contribution in [0.1, 0.15) is 26.2 Å². The van der Waals surface area contributed by atoms with E-state index < -0.39 is 0 Å². The summed E-state index contributed by atoms with van der Waals surface area (Å²) in [7, 11) is 0. The molecule has 0 atom stereocenters. The van der Waals surface area contributed by atoms with Crippen LogP contribution in [0.4, 0.5) is 0 Å². The first kappa shape index (κ1) is 13.0. The van der Waals surface area contributed by atoms with Crippen LogP contribution in [0.2, 0.25) is 0 Å². The highest BCUT2D eigenvalue weighted by Gasteiger charge is 2.14. The number of carbonyl (C=O) groups excluding carboxylic acids is 1. The summed E-state index contributed by atoms with van der Waals surface area (Å²) in [5.74, 6) is 0.983. The first-order valence-corrected chi connectivity index (χ1v) is 6.89. The van der Waals surface area contributed by atoms with Crippen LogP contribution in [-0.4, -0.2) is 42.3 Å². The van der Waals surface area contributed by atoms with E-state index >= 15 is 0 Å². The lowest BCUT2D eigenvalue weighted by atomic mass is 9.99. The van der Waals surface area contributed by atoms with Crippen molar-refractivity contribution in [2.75, 3.05) is 31.5 Å². The summed E-state index contributed by atoms with van der Waals surface area (Å²) in [6, 6.07) is 0. The standard InChI is InChI=1S/C11H21BrN2O/c1-10-3-7-14(8-4-10)6-2-5-13-11(15)9-12/h10H,2-9H2,1H3,(H,13,15). The van der Waals surface area contributed by atoms with Gasteiger partial charge in [0.1, 0.15) is 0 Å². The number of piperidine rings is 1. The van der Waals surface area contributed by atoms with Crippen molar-refractivity contribution < 1.29 is 4.79 Å². The number of nitrogens with zero attached hydrogens (tertiary/aromatic N) is 1. The number of halogens is 1. The van der Waals surface area contributed by atoms with Gasteiger partial charge >= 0.3 is 0 Å². The molecular weight excluding hydrogens is 256 g/mol. The van der Waals surface area contributed by atoms with E-state index in [4.69, 9.17) is 0 Å². The van der Waals surface area contributed by atoms with Gasteiger partial charge in [-0.05, 0) is 44.8 Å². The van der Waals surface area contributed by atoms with Crippen LogP contribution in [0.15, 0.2) is 0 Å².